The number of aromatic nitrogens is 3. The summed E-state index contributed by atoms with van der Waals surface area (Å²) in [6, 6.07) is 4.55. The Labute approximate surface area is 248 Å². The number of fused-ring (bicyclic) bond motifs is 1. The molecule has 5 rings (SSSR count). The Morgan fingerprint density at radius 1 is 1.37 bits per heavy atom. The molecule has 3 aromatic rings. The molecule has 5 atom stereocenters. The molecule has 0 aliphatic carbocycles. The minimum Gasteiger partial charge on any atom is -0.461 e. The fraction of sp³-hybridized carbons (Fsp3) is 0.375. The molecule has 222 valence electrons. The summed E-state index contributed by atoms with van der Waals surface area (Å²) in [7, 11) is 0.942. The van der Waals surface area contributed by atoms with Gasteiger partial charge in [0.2, 0.25) is 0 Å². The Kier molecular flexibility index (Phi) is 10.2. The number of hydrogen-bond donors (Lipinski definition) is 3. The second kappa shape index (κ2) is 13.2. The molecule has 0 spiro atoms. The van der Waals surface area contributed by atoms with Gasteiger partial charge < -0.3 is 30.4 Å². The number of nitrogens with zero attached hydrogens (tertiary/aromatic N) is 3. The number of halogens is 5. The van der Waals surface area contributed by atoms with Crippen LogP contribution in [0.4, 0.5) is 13.2 Å². The number of carbonyl (C=O) groups is 1. The van der Waals surface area contributed by atoms with E-state index in [0.29, 0.717) is 22.5 Å². The van der Waals surface area contributed by atoms with Crippen molar-refractivity contribution in [3.05, 3.63) is 68.0 Å². The summed E-state index contributed by atoms with van der Waals surface area (Å²) in [5.41, 5.74) is 5.28. The van der Waals surface area contributed by atoms with E-state index in [1.54, 1.807) is 18.5 Å². The largest absolute Gasteiger partial charge is 0.461 e. The van der Waals surface area contributed by atoms with Gasteiger partial charge >= 0.3 is 12.1 Å². The van der Waals surface area contributed by atoms with Gasteiger partial charge in [-0.1, -0.05) is 31.8 Å². The van der Waals surface area contributed by atoms with Crippen LogP contribution in [-0.4, -0.2) is 64.2 Å². The van der Waals surface area contributed by atoms with Crippen molar-refractivity contribution >= 4 is 54.8 Å². The highest BCUT2D eigenvalue weighted by atomic mass is 35.5. The number of aliphatic hydroxyl groups is 1. The van der Waals surface area contributed by atoms with Crippen LogP contribution in [0.25, 0.3) is 11.4 Å². The zero-order valence-electron chi connectivity index (χ0n) is 21.5. The highest BCUT2D eigenvalue weighted by Gasteiger charge is 2.47. The van der Waals surface area contributed by atoms with E-state index in [-0.39, 0.29) is 55.3 Å². The van der Waals surface area contributed by atoms with Crippen LogP contribution in [0.5, 0.6) is 0 Å². The molecule has 2 fully saturated rings. The molecule has 0 amide bonds. The highest BCUT2D eigenvalue weighted by molar-refractivity contribution is 7.39. The maximum Gasteiger partial charge on any atom is 0.418 e. The number of benzene rings is 1. The van der Waals surface area contributed by atoms with Crippen molar-refractivity contribution in [2.45, 2.75) is 36.9 Å². The standard InChI is InChI=1S/C23H21Cl2F3N5O4PS.CH4O/c1-2-35-21(34)13-6-15(33(32-13)14-5-10(24)3-4-11(14)23(26,27)28)22-37-16-8-36-18(16)19(38-22)30-7-12(29)20-31-17(25)9-39-20;1-2/h3-7,9,16,18-19,22,30,38H,2,8,29H2,1H3;2H,1H3/b12-7-;/t16?,18?,19-,22?;/m1./s1. The number of ether oxygens (including phenoxy) is 3. The van der Waals surface area contributed by atoms with Crippen LogP contribution in [-0.2, 0) is 20.4 Å². The fourth-order valence-corrected chi connectivity index (χ4v) is 6.79. The molecule has 0 bridgehead atoms. The third kappa shape index (κ3) is 6.96. The van der Waals surface area contributed by atoms with Crippen LogP contribution >= 0.6 is 43.1 Å². The fourth-order valence-electron chi connectivity index (χ4n) is 4.11. The third-order valence-corrected chi connectivity index (χ3v) is 8.95. The highest BCUT2D eigenvalue weighted by Crippen LogP contribution is 2.50. The van der Waals surface area contributed by atoms with Crippen LogP contribution in [0.15, 0.2) is 35.8 Å². The van der Waals surface area contributed by atoms with E-state index in [9.17, 15) is 18.0 Å². The van der Waals surface area contributed by atoms with Gasteiger partial charge in [-0.15, -0.1) is 11.3 Å². The molecule has 4 N–H and O–H groups in total. The third-order valence-electron chi connectivity index (χ3n) is 5.91. The van der Waals surface area contributed by atoms with Crippen LogP contribution in [0.1, 0.15) is 39.5 Å². The van der Waals surface area contributed by atoms with E-state index in [2.05, 4.69) is 15.4 Å². The van der Waals surface area contributed by atoms with Crippen LogP contribution < -0.4 is 11.1 Å². The van der Waals surface area contributed by atoms with E-state index in [1.807, 2.05) is 0 Å². The van der Waals surface area contributed by atoms with Gasteiger partial charge in [-0.05, 0) is 31.2 Å². The molecule has 0 saturated carbocycles. The van der Waals surface area contributed by atoms with E-state index in [0.717, 1.165) is 30.0 Å². The molecular formula is C24H25Cl2F3N5O5PS. The van der Waals surface area contributed by atoms with E-state index in [1.165, 1.54) is 17.4 Å². The molecular weight excluding hydrogens is 629 g/mol. The molecule has 0 radical (unpaired) electrons. The average Bonchev–Trinajstić information content (AvgIpc) is 3.56. The minimum atomic E-state index is -4.71. The Balaban J connectivity index is 0.00000189. The van der Waals surface area contributed by atoms with Gasteiger partial charge in [0.15, 0.2) is 5.69 Å². The second-order valence-electron chi connectivity index (χ2n) is 8.48. The summed E-state index contributed by atoms with van der Waals surface area (Å²) >= 11 is 13.3. The molecule has 4 unspecified atom stereocenters. The molecule has 1 aromatic carbocycles. The maximum atomic E-state index is 14.0. The number of nitrogens with one attached hydrogen (secondary N) is 1. The Morgan fingerprint density at radius 3 is 2.73 bits per heavy atom. The van der Waals surface area contributed by atoms with Gasteiger partial charge in [0, 0.05) is 23.7 Å². The van der Waals surface area contributed by atoms with Gasteiger partial charge in [0.1, 0.15) is 28.2 Å². The SMILES string of the molecule is CCOC(=O)c1cc(C2OC3COC3[C@H](N/C=C(\N)c3nc(Cl)cs3)P2)n(-c2cc(Cl)ccc2C(F)(F)F)n1.CO. The first-order valence-corrected chi connectivity index (χ1v) is 14.8. The number of alkyl halides is 3. The number of esters is 1. The van der Waals surface area contributed by atoms with Crippen molar-refractivity contribution in [1.29, 1.82) is 0 Å². The number of rotatable bonds is 7. The number of carbonyl (C=O) groups excluding carboxylic acids is 1. The number of nitrogens with two attached hydrogens (primary N) is 1. The van der Waals surface area contributed by atoms with Crippen molar-refractivity contribution < 1.29 is 37.3 Å². The first-order valence-electron chi connectivity index (χ1n) is 12.0. The lowest BCUT2D eigenvalue weighted by molar-refractivity contribution is -0.205. The quantitative estimate of drug-likeness (QED) is 0.243. The molecule has 10 nitrogen and oxygen atoms in total. The van der Waals surface area contributed by atoms with Crippen molar-refractivity contribution in [2.75, 3.05) is 20.3 Å². The molecule has 41 heavy (non-hydrogen) atoms. The normalized spacial score (nSPS) is 22.8. The molecule has 2 aliphatic rings. The summed E-state index contributed by atoms with van der Waals surface area (Å²) in [5.74, 6) is -1.80. The van der Waals surface area contributed by atoms with Crippen LogP contribution in [0.2, 0.25) is 10.2 Å². The van der Waals surface area contributed by atoms with Gasteiger partial charge in [0.05, 0.1) is 41.6 Å². The van der Waals surface area contributed by atoms with Gasteiger partial charge in [-0.25, -0.2) is 14.5 Å². The number of thiazole rings is 1. The number of aliphatic hydroxyl groups excluding tert-OH is 1. The molecule has 2 aromatic heterocycles. The lowest BCUT2D eigenvalue weighted by Gasteiger charge is -2.48. The van der Waals surface area contributed by atoms with Gasteiger partial charge in [-0.3, -0.25) is 0 Å². The summed E-state index contributed by atoms with van der Waals surface area (Å²) in [6.45, 7) is 1.99. The first-order chi connectivity index (χ1) is 19.5. The molecule has 17 heteroatoms. The Morgan fingerprint density at radius 2 is 2.12 bits per heavy atom. The molecule has 2 aliphatic heterocycles. The van der Waals surface area contributed by atoms with Crippen LogP contribution in [0, 0.1) is 0 Å². The lowest BCUT2D eigenvalue weighted by Crippen LogP contribution is -2.58. The average molecular weight is 654 g/mol. The molecule has 4 heterocycles. The predicted octanol–water partition coefficient (Wildman–Crippen LogP) is 4.79. The second-order valence-corrected chi connectivity index (χ2v) is 11.6. The first kappa shape index (κ1) is 31.5. The van der Waals surface area contributed by atoms with Crippen molar-refractivity contribution in [3.8, 4) is 5.69 Å². The zero-order chi connectivity index (χ0) is 29.9. The topological polar surface area (TPSA) is 134 Å². The Bertz CT molecular complexity index is 1420. The summed E-state index contributed by atoms with van der Waals surface area (Å²) in [5, 5.41) is 17.0. The number of hydrogen-bond acceptors (Lipinski definition) is 10. The Hall–Kier alpha value is -2.45. The van der Waals surface area contributed by atoms with E-state index >= 15 is 0 Å². The van der Waals surface area contributed by atoms with Gasteiger partial charge in [-0.2, -0.15) is 18.3 Å². The van der Waals surface area contributed by atoms with E-state index in [4.69, 9.17) is 48.3 Å². The van der Waals surface area contributed by atoms with Gasteiger partial charge in [0.25, 0.3) is 0 Å². The molecule has 2 saturated heterocycles. The summed E-state index contributed by atoms with van der Waals surface area (Å²) in [4.78, 5) is 16.7. The smallest absolute Gasteiger partial charge is 0.418 e. The van der Waals surface area contributed by atoms with Crippen molar-refractivity contribution in [2.24, 2.45) is 5.73 Å². The van der Waals surface area contributed by atoms with Crippen molar-refractivity contribution in [1.82, 2.24) is 20.1 Å². The van der Waals surface area contributed by atoms with E-state index < -0.39 is 23.6 Å². The van der Waals surface area contributed by atoms with Crippen molar-refractivity contribution in [3.63, 3.8) is 0 Å². The van der Waals surface area contributed by atoms with Crippen LogP contribution in [0.3, 0.4) is 0 Å². The predicted molar refractivity (Wildman–Crippen MR) is 150 cm³/mol. The lowest BCUT2D eigenvalue weighted by atomic mass is 10.1. The summed E-state index contributed by atoms with van der Waals surface area (Å²) < 4.78 is 59.9. The zero-order valence-corrected chi connectivity index (χ0v) is 24.8. The summed E-state index contributed by atoms with van der Waals surface area (Å²) in [6.07, 6.45) is -3.76. The monoisotopic (exact) mass is 653 g/mol. The minimum absolute atomic E-state index is 0.0576. The maximum absolute atomic E-state index is 14.0.